The van der Waals surface area contributed by atoms with Crippen molar-refractivity contribution < 1.29 is 4.79 Å². The molecule has 4 nitrogen and oxygen atoms in total. The number of hydrazone groups is 1. The van der Waals surface area contributed by atoms with Gasteiger partial charge in [0.15, 0.2) is 0 Å². The van der Waals surface area contributed by atoms with Gasteiger partial charge in [0, 0.05) is 28.6 Å². The quantitative estimate of drug-likeness (QED) is 0.652. The summed E-state index contributed by atoms with van der Waals surface area (Å²) in [6, 6.07) is 8.05. The number of H-pyrrole nitrogens is 1. The summed E-state index contributed by atoms with van der Waals surface area (Å²) >= 11 is 0. The molecule has 2 N–H and O–H groups in total. The van der Waals surface area contributed by atoms with Crippen LogP contribution in [0.25, 0.3) is 10.9 Å². The van der Waals surface area contributed by atoms with Crippen LogP contribution in [0.15, 0.2) is 35.6 Å². The molecule has 0 unspecified atom stereocenters. The number of fused-ring (bicyclic) bond motifs is 1. The summed E-state index contributed by atoms with van der Waals surface area (Å²) in [5.74, 6) is 0.289. The Morgan fingerprint density at radius 3 is 3.00 bits per heavy atom. The number of carbonyl (C=O) groups is 1. The molecule has 2 aliphatic carbocycles. The summed E-state index contributed by atoms with van der Waals surface area (Å²) in [5, 5.41) is 5.22. The van der Waals surface area contributed by atoms with Gasteiger partial charge in [-0.2, -0.15) is 5.10 Å². The van der Waals surface area contributed by atoms with Gasteiger partial charge in [0.1, 0.15) is 0 Å². The first-order valence-corrected chi connectivity index (χ1v) is 7.18. The Labute approximate surface area is 117 Å². The van der Waals surface area contributed by atoms with Gasteiger partial charge >= 0.3 is 0 Å². The highest BCUT2D eigenvalue weighted by Crippen LogP contribution is 2.65. The molecule has 1 amide bonds. The number of para-hydroxylation sites is 1. The third kappa shape index (κ3) is 1.75. The van der Waals surface area contributed by atoms with Crippen molar-refractivity contribution in [1.82, 2.24) is 10.4 Å². The summed E-state index contributed by atoms with van der Waals surface area (Å²) in [4.78, 5) is 15.2. The van der Waals surface area contributed by atoms with E-state index in [0.717, 1.165) is 22.9 Å². The third-order valence-electron chi connectivity index (χ3n) is 4.86. The van der Waals surface area contributed by atoms with E-state index in [0.29, 0.717) is 5.41 Å². The fourth-order valence-corrected chi connectivity index (χ4v) is 3.35. The summed E-state index contributed by atoms with van der Waals surface area (Å²) < 4.78 is 0. The molecule has 1 spiro atoms. The lowest BCUT2D eigenvalue weighted by molar-refractivity contribution is -0.123. The van der Waals surface area contributed by atoms with Gasteiger partial charge in [-0.3, -0.25) is 4.79 Å². The van der Waals surface area contributed by atoms with Gasteiger partial charge in [-0.25, -0.2) is 5.43 Å². The van der Waals surface area contributed by atoms with Gasteiger partial charge in [-0.15, -0.1) is 0 Å². The van der Waals surface area contributed by atoms with E-state index >= 15 is 0 Å². The number of aromatic nitrogens is 1. The van der Waals surface area contributed by atoms with Gasteiger partial charge in [-0.1, -0.05) is 24.6 Å². The molecular formula is C16H17N3O. The molecule has 2 aliphatic rings. The van der Waals surface area contributed by atoms with Gasteiger partial charge in [0.25, 0.3) is 0 Å². The Balaban J connectivity index is 1.43. The van der Waals surface area contributed by atoms with E-state index in [4.69, 9.17) is 0 Å². The van der Waals surface area contributed by atoms with Crippen LogP contribution in [0.2, 0.25) is 0 Å². The molecule has 1 heterocycles. The molecule has 4 heteroatoms. The first-order chi connectivity index (χ1) is 9.78. The lowest BCUT2D eigenvalue weighted by atomic mass is 9.80. The van der Waals surface area contributed by atoms with Crippen LogP contribution in [0, 0.1) is 11.3 Å². The lowest BCUT2D eigenvalue weighted by Crippen LogP contribution is -2.26. The number of rotatable bonds is 3. The second kappa shape index (κ2) is 4.20. The molecule has 0 saturated heterocycles. The van der Waals surface area contributed by atoms with E-state index in [9.17, 15) is 4.79 Å². The maximum Gasteiger partial charge on any atom is 0.243 e. The first-order valence-electron chi connectivity index (χ1n) is 7.18. The summed E-state index contributed by atoms with van der Waals surface area (Å²) in [5.41, 5.74) is 5.12. The standard InChI is InChI=1S/C16H17N3O/c20-15(13-8-16(13)6-3-7-16)19-18-10-11-9-17-14-5-2-1-4-12(11)14/h1-2,4-5,9-10,13,17H,3,6-8H2,(H,19,20)/b18-10-/t13-/m1/s1. The molecule has 1 aromatic heterocycles. The van der Waals surface area contributed by atoms with Crippen molar-refractivity contribution in [2.75, 3.05) is 0 Å². The van der Waals surface area contributed by atoms with Crippen molar-refractivity contribution in [3.05, 3.63) is 36.0 Å². The van der Waals surface area contributed by atoms with Crippen LogP contribution >= 0.6 is 0 Å². The zero-order valence-corrected chi connectivity index (χ0v) is 11.2. The predicted octanol–water partition coefficient (Wildman–Crippen LogP) is 2.81. The molecule has 0 radical (unpaired) electrons. The monoisotopic (exact) mass is 267 g/mol. The average molecular weight is 267 g/mol. The molecular weight excluding hydrogens is 250 g/mol. The molecule has 20 heavy (non-hydrogen) atoms. The van der Waals surface area contributed by atoms with E-state index in [1.807, 2.05) is 30.5 Å². The van der Waals surface area contributed by atoms with Crippen LogP contribution in [0.5, 0.6) is 0 Å². The van der Waals surface area contributed by atoms with Gasteiger partial charge in [0.2, 0.25) is 5.91 Å². The number of aromatic amines is 1. The molecule has 1 atom stereocenters. The normalized spacial score (nSPS) is 23.1. The van der Waals surface area contributed by atoms with Gasteiger partial charge in [-0.05, 0) is 30.7 Å². The first kappa shape index (κ1) is 11.7. The molecule has 0 bridgehead atoms. The van der Waals surface area contributed by atoms with Crippen molar-refractivity contribution in [2.45, 2.75) is 25.7 Å². The van der Waals surface area contributed by atoms with E-state index in [1.54, 1.807) is 6.21 Å². The summed E-state index contributed by atoms with van der Waals surface area (Å²) in [6.07, 6.45) is 8.40. The van der Waals surface area contributed by atoms with Crippen LogP contribution in [-0.4, -0.2) is 17.1 Å². The highest BCUT2D eigenvalue weighted by Gasteiger charge is 2.60. The Bertz CT molecular complexity index is 697. The Kier molecular flexibility index (Phi) is 2.46. The van der Waals surface area contributed by atoms with E-state index < -0.39 is 0 Å². The number of hydrogen-bond donors (Lipinski definition) is 2. The number of carbonyl (C=O) groups excluding carboxylic acids is 1. The van der Waals surface area contributed by atoms with Gasteiger partial charge < -0.3 is 4.98 Å². The third-order valence-corrected chi connectivity index (χ3v) is 4.86. The highest BCUT2D eigenvalue weighted by molar-refractivity contribution is 5.99. The fraction of sp³-hybridized carbons (Fsp3) is 0.375. The zero-order chi connectivity index (χ0) is 13.6. The SMILES string of the molecule is O=C(N/N=C\c1c[nH]c2ccccc12)[C@H]1CC12CCC2. The maximum absolute atomic E-state index is 12.0. The second-order valence-corrected chi connectivity index (χ2v) is 6.00. The van der Waals surface area contributed by atoms with Crippen molar-refractivity contribution in [3.63, 3.8) is 0 Å². The summed E-state index contributed by atoms with van der Waals surface area (Å²) in [6.45, 7) is 0. The second-order valence-electron chi connectivity index (χ2n) is 6.00. The number of hydrogen-bond acceptors (Lipinski definition) is 2. The largest absolute Gasteiger partial charge is 0.361 e. The molecule has 0 aliphatic heterocycles. The molecule has 1 aromatic carbocycles. The molecule has 2 fully saturated rings. The lowest BCUT2D eigenvalue weighted by Gasteiger charge is -2.25. The van der Waals surface area contributed by atoms with Gasteiger partial charge in [0.05, 0.1) is 6.21 Å². The fourth-order valence-electron chi connectivity index (χ4n) is 3.35. The van der Waals surface area contributed by atoms with Crippen molar-refractivity contribution in [1.29, 1.82) is 0 Å². The van der Waals surface area contributed by atoms with Crippen LogP contribution in [0.3, 0.4) is 0 Å². The summed E-state index contributed by atoms with van der Waals surface area (Å²) in [7, 11) is 0. The smallest absolute Gasteiger partial charge is 0.243 e. The maximum atomic E-state index is 12.0. The zero-order valence-electron chi connectivity index (χ0n) is 11.2. The molecule has 4 rings (SSSR count). The van der Waals surface area contributed by atoms with Crippen molar-refractivity contribution in [2.24, 2.45) is 16.4 Å². The van der Waals surface area contributed by atoms with Crippen molar-refractivity contribution >= 4 is 23.0 Å². The number of nitrogens with one attached hydrogen (secondary N) is 2. The Morgan fingerprint density at radius 1 is 1.40 bits per heavy atom. The molecule has 2 aromatic rings. The van der Waals surface area contributed by atoms with E-state index in [-0.39, 0.29) is 11.8 Å². The number of nitrogens with zero attached hydrogens (tertiary/aromatic N) is 1. The average Bonchev–Trinajstić information content (AvgIpc) is 3.09. The minimum absolute atomic E-state index is 0.0841. The van der Waals surface area contributed by atoms with Crippen LogP contribution in [0.4, 0.5) is 0 Å². The Hall–Kier alpha value is -2.10. The Morgan fingerprint density at radius 2 is 2.25 bits per heavy atom. The highest BCUT2D eigenvalue weighted by atomic mass is 16.2. The van der Waals surface area contributed by atoms with Crippen LogP contribution in [-0.2, 0) is 4.79 Å². The predicted molar refractivity (Wildman–Crippen MR) is 78.4 cm³/mol. The number of benzene rings is 1. The topological polar surface area (TPSA) is 57.2 Å². The molecule has 102 valence electrons. The minimum Gasteiger partial charge on any atom is -0.361 e. The number of amides is 1. The minimum atomic E-state index is 0.0841. The van der Waals surface area contributed by atoms with Crippen LogP contribution < -0.4 is 5.43 Å². The van der Waals surface area contributed by atoms with E-state index in [2.05, 4.69) is 15.5 Å². The van der Waals surface area contributed by atoms with Crippen molar-refractivity contribution in [3.8, 4) is 0 Å². The molecule has 2 saturated carbocycles. The van der Waals surface area contributed by atoms with E-state index in [1.165, 1.54) is 19.3 Å². The van der Waals surface area contributed by atoms with Crippen LogP contribution in [0.1, 0.15) is 31.2 Å².